The second-order valence-electron chi connectivity index (χ2n) is 4.07. The standard InChI is InChI=1S/C11H12N4O4S/c1-15-6-8(5-13-15)14-20(18,19)10-3-2-7(12)4-9(10)11(16)17/h2-6,14H,12H2,1H3,(H,16,17). The van der Waals surface area contributed by atoms with Crippen LogP contribution in [-0.2, 0) is 17.1 Å². The summed E-state index contributed by atoms with van der Waals surface area (Å²) in [6.07, 6.45) is 2.77. The second-order valence-corrected chi connectivity index (χ2v) is 5.72. The maximum atomic E-state index is 12.2. The molecular weight excluding hydrogens is 284 g/mol. The molecule has 1 heterocycles. The SMILES string of the molecule is Cn1cc(NS(=O)(=O)c2ccc(N)cc2C(=O)O)cn1. The molecular formula is C11H12N4O4S. The highest BCUT2D eigenvalue weighted by atomic mass is 32.2. The van der Waals surface area contributed by atoms with Crippen molar-refractivity contribution in [1.82, 2.24) is 9.78 Å². The number of aromatic carboxylic acids is 1. The molecule has 4 N–H and O–H groups in total. The van der Waals surface area contributed by atoms with Gasteiger partial charge in [-0.15, -0.1) is 0 Å². The van der Waals surface area contributed by atoms with Crippen molar-refractivity contribution in [2.24, 2.45) is 7.05 Å². The first kappa shape index (κ1) is 13.9. The summed E-state index contributed by atoms with van der Waals surface area (Å²) in [5, 5.41) is 12.9. The predicted octanol–water partition coefficient (Wildman–Crippen LogP) is 0.501. The minimum atomic E-state index is -4.03. The van der Waals surface area contributed by atoms with E-state index in [0.29, 0.717) is 0 Å². The maximum Gasteiger partial charge on any atom is 0.337 e. The van der Waals surface area contributed by atoms with Gasteiger partial charge in [-0.1, -0.05) is 0 Å². The summed E-state index contributed by atoms with van der Waals surface area (Å²) < 4.78 is 28.1. The Morgan fingerprint density at radius 1 is 1.45 bits per heavy atom. The van der Waals surface area contributed by atoms with E-state index in [0.717, 1.165) is 12.1 Å². The summed E-state index contributed by atoms with van der Waals surface area (Å²) >= 11 is 0. The Labute approximate surface area is 114 Å². The number of hydrogen-bond acceptors (Lipinski definition) is 5. The zero-order chi connectivity index (χ0) is 14.9. The molecule has 0 saturated carbocycles. The normalized spacial score (nSPS) is 11.2. The lowest BCUT2D eigenvalue weighted by Crippen LogP contribution is -2.17. The van der Waals surface area contributed by atoms with Crippen molar-refractivity contribution >= 4 is 27.4 Å². The summed E-state index contributed by atoms with van der Waals surface area (Å²) in [6, 6.07) is 3.57. The third-order valence-electron chi connectivity index (χ3n) is 2.48. The Morgan fingerprint density at radius 2 is 2.15 bits per heavy atom. The molecule has 106 valence electrons. The van der Waals surface area contributed by atoms with Crippen LogP contribution in [0.5, 0.6) is 0 Å². The van der Waals surface area contributed by atoms with E-state index in [1.54, 1.807) is 7.05 Å². The van der Waals surface area contributed by atoms with E-state index in [9.17, 15) is 13.2 Å². The number of nitrogen functional groups attached to an aromatic ring is 1. The molecule has 8 nitrogen and oxygen atoms in total. The lowest BCUT2D eigenvalue weighted by molar-refractivity contribution is 0.0692. The number of hydrogen-bond donors (Lipinski definition) is 3. The number of carbonyl (C=O) groups is 1. The molecule has 9 heteroatoms. The molecule has 1 aromatic carbocycles. The molecule has 2 rings (SSSR count). The smallest absolute Gasteiger partial charge is 0.337 e. The van der Waals surface area contributed by atoms with Crippen LogP contribution in [0.4, 0.5) is 11.4 Å². The average Bonchev–Trinajstić information content (AvgIpc) is 2.73. The third kappa shape index (κ3) is 2.72. The van der Waals surface area contributed by atoms with Gasteiger partial charge in [-0.25, -0.2) is 13.2 Å². The van der Waals surface area contributed by atoms with Gasteiger partial charge in [0, 0.05) is 18.9 Å². The first-order valence-corrected chi connectivity index (χ1v) is 6.92. The first-order chi connectivity index (χ1) is 9.29. The van der Waals surface area contributed by atoms with Gasteiger partial charge in [-0.05, 0) is 18.2 Å². The molecule has 0 unspecified atom stereocenters. The number of nitrogens with one attached hydrogen (secondary N) is 1. The van der Waals surface area contributed by atoms with Crippen LogP contribution in [-0.4, -0.2) is 29.3 Å². The van der Waals surface area contributed by atoms with E-state index >= 15 is 0 Å². The Hall–Kier alpha value is -2.55. The van der Waals surface area contributed by atoms with Crippen LogP contribution in [0.15, 0.2) is 35.5 Å². The number of sulfonamides is 1. The molecule has 1 aromatic heterocycles. The van der Waals surface area contributed by atoms with E-state index in [4.69, 9.17) is 10.8 Å². The molecule has 0 amide bonds. The average molecular weight is 296 g/mol. The fourth-order valence-corrected chi connectivity index (χ4v) is 2.84. The van der Waals surface area contributed by atoms with E-state index in [1.807, 2.05) is 0 Å². The number of aryl methyl sites for hydroxylation is 1. The van der Waals surface area contributed by atoms with Crippen molar-refractivity contribution in [3.63, 3.8) is 0 Å². The highest BCUT2D eigenvalue weighted by Crippen LogP contribution is 2.21. The van der Waals surface area contributed by atoms with E-state index < -0.39 is 16.0 Å². The van der Waals surface area contributed by atoms with E-state index in [-0.39, 0.29) is 21.8 Å². The Morgan fingerprint density at radius 3 is 2.70 bits per heavy atom. The molecule has 0 aliphatic heterocycles. The summed E-state index contributed by atoms with van der Waals surface area (Å²) in [4.78, 5) is 10.8. The van der Waals surface area contributed by atoms with E-state index in [2.05, 4.69) is 9.82 Å². The largest absolute Gasteiger partial charge is 0.478 e. The van der Waals surface area contributed by atoms with Crippen molar-refractivity contribution in [2.45, 2.75) is 4.90 Å². The van der Waals surface area contributed by atoms with E-state index in [1.165, 1.54) is 23.1 Å². The molecule has 0 bridgehead atoms. The molecule has 0 spiro atoms. The number of carboxylic acids is 1. The van der Waals surface area contributed by atoms with Crippen LogP contribution >= 0.6 is 0 Å². The predicted molar refractivity (Wildman–Crippen MR) is 71.8 cm³/mol. The van der Waals surface area contributed by atoms with Gasteiger partial charge in [0.2, 0.25) is 0 Å². The summed E-state index contributed by atoms with van der Waals surface area (Å²) in [6.45, 7) is 0. The number of anilines is 2. The van der Waals surface area contributed by atoms with Crippen LogP contribution < -0.4 is 10.5 Å². The van der Waals surface area contributed by atoms with Crippen LogP contribution in [0.1, 0.15) is 10.4 Å². The molecule has 2 aromatic rings. The zero-order valence-corrected chi connectivity index (χ0v) is 11.3. The quantitative estimate of drug-likeness (QED) is 0.705. The third-order valence-corrected chi connectivity index (χ3v) is 3.92. The molecule has 0 aliphatic rings. The molecule has 0 fully saturated rings. The van der Waals surface area contributed by atoms with Gasteiger partial charge in [0.15, 0.2) is 0 Å². The van der Waals surface area contributed by atoms with Crippen molar-refractivity contribution < 1.29 is 18.3 Å². The number of benzene rings is 1. The Bertz CT molecular complexity index is 766. The van der Waals surface area contributed by atoms with Gasteiger partial charge in [0.05, 0.1) is 17.4 Å². The molecule has 0 atom stereocenters. The monoisotopic (exact) mass is 296 g/mol. The Balaban J connectivity index is 2.46. The number of nitrogens with zero attached hydrogens (tertiary/aromatic N) is 2. The van der Waals surface area contributed by atoms with Gasteiger partial charge < -0.3 is 10.8 Å². The van der Waals surface area contributed by atoms with Gasteiger partial charge in [-0.2, -0.15) is 5.10 Å². The maximum absolute atomic E-state index is 12.2. The minimum Gasteiger partial charge on any atom is -0.478 e. The lowest BCUT2D eigenvalue weighted by Gasteiger charge is -2.09. The zero-order valence-electron chi connectivity index (χ0n) is 10.4. The van der Waals surface area contributed by atoms with Gasteiger partial charge in [-0.3, -0.25) is 9.40 Å². The van der Waals surface area contributed by atoms with Crippen molar-refractivity contribution in [3.8, 4) is 0 Å². The van der Waals surface area contributed by atoms with Gasteiger partial charge >= 0.3 is 5.97 Å². The summed E-state index contributed by atoms with van der Waals surface area (Å²) in [7, 11) is -2.40. The van der Waals surface area contributed by atoms with Crippen molar-refractivity contribution in [1.29, 1.82) is 0 Å². The molecule has 0 radical (unpaired) electrons. The lowest BCUT2D eigenvalue weighted by atomic mass is 10.2. The van der Waals surface area contributed by atoms with Gasteiger partial charge in [0.25, 0.3) is 10.0 Å². The number of aromatic nitrogens is 2. The highest BCUT2D eigenvalue weighted by Gasteiger charge is 2.23. The van der Waals surface area contributed by atoms with Crippen molar-refractivity contribution in [3.05, 3.63) is 36.2 Å². The van der Waals surface area contributed by atoms with Crippen LogP contribution in [0.2, 0.25) is 0 Å². The van der Waals surface area contributed by atoms with Crippen molar-refractivity contribution in [2.75, 3.05) is 10.5 Å². The number of carboxylic acid groups (broad SMARTS) is 1. The first-order valence-electron chi connectivity index (χ1n) is 5.44. The fourth-order valence-electron chi connectivity index (χ4n) is 1.63. The Kier molecular flexibility index (Phi) is 3.36. The molecule has 0 saturated heterocycles. The molecule has 20 heavy (non-hydrogen) atoms. The van der Waals surface area contributed by atoms with Crippen LogP contribution in [0.3, 0.4) is 0 Å². The van der Waals surface area contributed by atoms with Crippen LogP contribution in [0.25, 0.3) is 0 Å². The fraction of sp³-hybridized carbons (Fsp3) is 0.0909. The number of rotatable bonds is 4. The number of nitrogens with two attached hydrogens (primary N) is 1. The minimum absolute atomic E-state index is 0.169. The molecule has 0 aliphatic carbocycles. The van der Waals surface area contributed by atoms with Gasteiger partial charge in [0.1, 0.15) is 4.90 Å². The second kappa shape index (κ2) is 4.85. The summed E-state index contributed by atoms with van der Waals surface area (Å²) in [5.74, 6) is -1.37. The summed E-state index contributed by atoms with van der Waals surface area (Å²) in [5.41, 5.74) is 5.49. The topological polar surface area (TPSA) is 127 Å². The van der Waals surface area contributed by atoms with Crippen LogP contribution in [0, 0.1) is 0 Å². The highest BCUT2D eigenvalue weighted by molar-refractivity contribution is 7.92.